The Morgan fingerprint density at radius 3 is 1.70 bits per heavy atom. The second kappa shape index (κ2) is 9.06. The van der Waals surface area contributed by atoms with Gasteiger partial charge in [0.1, 0.15) is 0 Å². The highest BCUT2D eigenvalue weighted by Crippen LogP contribution is 2.29. The summed E-state index contributed by atoms with van der Waals surface area (Å²) in [5.74, 6) is 1.83. The maximum Gasteiger partial charge on any atom is 0.416 e. The molecule has 1 N–H and O–H groups in total. The number of piperidine rings is 2. The summed E-state index contributed by atoms with van der Waals surface area (Å²) in [7, 11) is 0. The van der Waals surface area contributed by atoms with E-state index in [1.54, 1.807) is 0 Å². The van der Waals surface area contributed by atoms with E-state index in [-0.39, 0.29) is 0 Å². The summed E-state index contributed by atoms with van der Waals surface area (Å²) in [6.07, 6.45) is 2.61. The third-order valence-electron chi connectivity index (χ3n) is 5.62. The molecule has 0 amide bonds. The Morgan fingerprint density at radius 2 is 1.23 bits per heavy atom. The van der Waals surface area contributed by atoms with Gasteiger partial charge in [0.05, 0.1) is 5.56 Å². The number of benzene rings is 1. The summed E-state index contributed by atoms with van der Waals surface area (Å²) in [6, 6.07) is 5.16. The molecule has 2 aromatic rings. The van der Waals surface area contributed by atoms with E-state index in [4.69, 9.17) is 4.98 Å². The average Bonchev–Trinajstić information content (AvgIpc) is 2.78. The molecule has 6 nitrogen and oxygen atoms in total. The number of alkyl halides is 3. The lowest BCUT2D eigenvalue weighted by molar-refractivity contribution is -0.137. The highest BCUT2D eigenvalue weighted by Gasteiger charge is 2.30. The van der Waals surface area contributed by atoms with E-state index in [1.165, 1.54) is 25.0 Å². The minimum Gasteiger partial charge on any atom is -0.350 e. The molecule has 0 unspecified atom stereocenters. The lowest BCUT2D eigenvalue weighted by atomic mass is 10.1. The fourth-order valence-electron chi connectivity index (χ4n) is 3.90. The summed E-state index contributed by atoms with van der Waals surface area (Å²) >= 11 is 0. The van der Waals surface area contributed by atoms with Gasteiger partial charge in [-0.05, 0) is 56.2 Å². The van der Waals surface area contributed by atoms with Gasteiger partial charge in [-0.1, -0.05) is 12.1 Å². The van der Waals surface area contributed by atoms with Gasteiger partial charge in [-0.25, -0.2) is 0 Å². The van der Waals surface area contributed by atoms with Gasteiger partial charge < -0.3 is 15.1 Å². The van der Waals surface area contributed by atoms with Crippen molar-refractivity contribution in [1.82, 2.24) is 15.0 Å². The molecule has 3 heterocycles. The average molecular weight is 420 g/mol. The van der Waals surface area contributed by atoms with E-state index in [9.17, 15) is 13.2 Å². The summed E-state index contributed by atoms with van der Waals surface area (Å²) in [6.45, 7) is 4.08. The van der Waals surface area contributed by atoms with Gasteiger partial charge in [0.15, 0.2) is 0 Å². The van der Waals surface area contributed by atoms with E-state index in [0.29, 0.717) is 24.4 Å². The Kier molecular flexibility index (Phi) is 6.24. The van der Waals surface area contributed by atoms with Crippen LogP contribution in [0, 0.1) is 0 Å². The first-order valence-electron chi connectivity index (χ1n) is 10.6. The molecule has 0 saturated carbocycles. The second-order valence-electron chi connectivity index (χ2n) is 7.90. The molecular weight excluding hydrogens is 393 g/mol. The normalized spacial score (nSPS) is 17.8. The number of nitrogens with zero attached hydrogens (tertiary/aromatic N) is 5. The van der Waals surface area contributed by atoms with E-state index in [2.05, 4.69) is 25.1 Å². The Hall–Kier alpha value is -2.58. The molecule has 0 atom stereocenters. The highest BCUT2D eigenvalue weighted by atomic mass is 19.4. The van der Waals surface area contributed by atoms with Crippen molar-refractivity contribution in [1.29, 1.82) is 0 Å². The van der Waals surface area contributed by atoms with Crippen molar-refractivity contribution in [3.63, 3.8) is 0 Å². The van der Waals surface area contributed by atoms with Gasteiger partial charge in [-0.15, -0.1) is 0 Å². The van der Waals surface area contributed by atoms with Crippen molar-refractivity contribution >= 4 is 17.8 Å². The molecule has 30 heavy (non-hydrogen) atoms. The zero-order chi connectivity index (χ0) is 21.0. The first kappa shape index (κ1) is 20.7. The van der Waals surface area contributed by atoms with Crippen molar-refractivity contribution in [2.45, 2.75) is 51.2 Å². The van der Waals surface area contributed by atoms with Crippen molar-refractivity contribution in [3.8, 4) is 0 Å². The molecule has 2 saturated heterocycles. The van der Waals surface area contributed by atoms with Crippen LogP contribution in [0.2, 0.25) is 0 Å². The molecule has 162 valence electrons. The standard InChI is InChI=1S/C21H27F3N6/c22-21(23,24)17-9-7-16(8-10-17)15-25-18-26-19(29-11-3-1-4-12-29)28-20(27-18)30-13-5-2-6-14-30/h7-10H,1-6,11-15H2,(H,25,26,27,28). The van der Waals surface area contributed by atoms with Crippen LogP contribution < -0.4 is 15.1 Å². The fourth-order valence-corrected chi connectivity index (χ4v) is 3.90. The largest absolute Gasteiger partial charge is 0.416 e. The fraction of sp³-hybridized carbons (Fsp3) is 0.571. The number of halogens is 3. The monoisotopic (exact) mass is 420 g/mol. The van der Waals surface area contributed by atoms with Gasteiger partial charge in [0.25, 0.3) is 0 Å². The molecule has 1 aromatic heterocycles. The topological polar surface area (TPSA) is 57.2 Å². The Balaban J connectivity index is 1.52. The van der Waals surface area contributed by atoms with Crippen LogP contribution in [-0.4, -0.2) is 41.1 Å². The zero-order valence-electron chi connectivity index (χ0n) is 17.0. The maximum atomic E-state index is 12.8. The second-order valence-corrected chi connectivity index (χ2v) is 7.90. The van der Waals surface area contributed by atoms with Crippen LogP contribution in [0.4, 0.5) is 31.0 Å². The van der Waals surface area contributed by atoms with Crippen molar-refractivity contribution in [2.24, 2.45) is 0 Å². The summed E-state index contributed by atoms with van der Waals surface area (Å²) < 4.78 is 38.3. The quantitative estimate of drug-likeness (QED) is 0.770. The lowest BCUT2D eigenvalue weighted by Crippen LogP contribution is -2.34. The van der Waals surface area contributed by atoms with Crippen LogP contribution in [0.25, 0.3) is 0 Å². The number of anilines is 3. The third kappa shape index (κ3) is 5.12. The van der Waals surface area contributed by atoms with E-state index in [1.807, 2.05) is 0 Å². The zero-order valence-corrected chi connectivity index (χ0v) is 17.0. The van der Waals surface area contributed by atoms with E-state index in [0.717, 1.165) is 69.6 Å². The van der Waals surface area contributed by atoms with Gasteiger partial charge in [-0.2, -0.15) is 28.1 Å². The van der Waals surface area contributed by atoms with Crippen molar-refractivity contribution in [2.75, 3.05) is 41.3 Å². The third-order valence-corrected chi connectivity index (χ3v) is 5.62. The molecule has 4 rings (SSSR count). The van der Waals surface area contributed by atoms with Crippen molar-refractivity contribution in [3.05, 3.63) is 35.4 Å². The summed E-state index contributed by atoms with van der Waals surface area (Å²) in [5.41, 5.74) is 0.0913. The maximum absolute atomic E-state index is 12.8. The number of hydrogen-bond donors (Lipinski definition) is 1. The SMILES string of the molecule is FC(F)(F)c1ccc(CNc2nc(N3CCCCC3)nc(N3CCCCC3)n2)cc1. The Bertz CT molecular complexity index is 791. The number of rotatable bonds is 5. The van der Waals surface area contributed by atoms with E-state index >= 15 is 0 Å². The van der Waals surface area contributed by atoms with Crippen LogP contribution in [0.3, 0.4) is 0 Å². The molecule has 0 spiro atoms. The van der Waals surface area contributed by atoms with Crippen LogP contribution >= 0.6 is 0 Å². The van der Waals surface area contributed by atoms with Crippen LogP contribution in [0.5, 0.6) is 0 Å². The molecule has 9 heteroatoms. The molecule has 2 aliphatic heterocycles. The van der Waals surface area contributed by atoms with Crippen LogP contribution in [0.15, 0.2) is 24.3 Å². The summed E-state index contributed by atoms with van der Waals surface area (Å²) in [4.78, 5) is 18.4. The predicted octanol–water partition coefficient (Wildman–Crippen LogP) is 4.48. The van der Waals surface area contributed by atoms with Gasteiger partial charge in [0, 0.05) is 32.7 Å². The summed E-state index contributed by atoms with van der Waals surface area (Å²) in [5, 5.41) is 3.18. The molecular formula is C21H27F3N6. The lowest BCUT2D eigenvalue weighted by Gasteiger charge is -2.30. The number of aromatic nitrogens is 3. The first-order valence-corrected chi connectivity index (χ1v) is 10.6. The predicted molar refractivity (Wildman–Crippen MR) is 111 cm³/mol. The number of nitrogens with one attached hydrogen (secondary N) is 1. The molecule has 1 aromatic carbocycles. The Morgan fingerprint density at radius 1 is 0.733 bits per heavy atom. The van der Waals surface area contributed by atoms with Gasteiger partial charge >= 0.3 is 6.18 Å². The first-order chi connectivity index (χ1) is 14.5. The minimum atomic E-state index is -4.33. The van der Waals surface area contributed by atoms with E-state index < -0.39 is 11.7 Å². The molecule has 0 radical (unpaired) electrons. The Labute approximate surface area is 174 Å². The number of hydrogen-bond acceptors (Lipinski definition) is 6. The molecule has 0 bridgehead atoms. The molecule has 2 fully saturated rings. The smallest absolute Gasteiger partial charge is 0.350 e. The van der Waals surface area contributed by atoms with Gasteiger partial charge in [0.2, 0.25) is 17.8 Å². The highest BCUT2D eigenvalue weighted by molar-refractivity contribution is 5.46. The molecule has 0 aliphatic carbocycles. The minimum absolute atomic E-state index is 0.348. The van der Waals surface area contributed by atoms with Gasteiger partial charge in [-0.3, -0.25) is 0 Å². The van der Waals surface area contributed by atoms with Crippen LogP contribution in [0.1, 0.15) is 49.7 Å². The molecule has 2 aliphatic rings. The van der Waals surface area contributed by atoms with Crippen molar-refractivity contribution < 1.29 is 13.2 Å². The van der Waals surface area contributed by atoms with Crippen LogP contribution in [-0.2, 0) is 12.7 Å².